The number of likely N-dealkylation sites (tertiary alicyclic amines) is 1. The van der Waals surface area contributed by atoms with Gasteiger partial charge in [-0.25, -0.2) is 0 Å². The summed E-state index contributed by atoms with van der Waals surface area (Å²) in [5.74, 6) is -0.394. The average Bonchev–Trinajstić information content (AvgIpc) is 2.79. The summed E-state index contributed by atoms with van der Waals surface area (Å²) in [6, 6.07) is 15.7. The third-order valence-electron chi connectivity index (χ3n) is 5.63. The third-order valence-corrected chi connectivity index (χ3v) is 5.63. The largest absolute Gasteiger partial charge is 0.497 e. The summed E-state index contributed by atoms with van der Waals surface area (Å²) in [7, 11) is 2.82. The molecule has 7 nitrogen and oxygen atoms in total. The van der Waals surface area contributed by atoms with Crippen molar-refractivity contribution in [3.8, 4) is 5.75 Å². The van der Waals surface area contributed by atoms with Gasteiger partial charge >= 0.3 is 5.97 Å². The van der Waals surface area contributed by atoms with E-state index in [0.29, 0.717) is 11.3 Å². The average molecular weight is 425 g/mol. The number of hydrogen-bond donors (Lipinski definition) is 0. The van der Waals surface area contributed by atoms with Crippen molar-refractivity contribution in [2.75, 3.05) is 20.8 Å². The second-order valence-electron chi connectivity index (χ2n) is 7.98. The highest BCUT2D eigenvalue weighted by Gasteiger charge is 2.58. The predicted octanol–water partition coefficient (Wildman–Crippen LogP) is 2.87. The van der Waals surface area contributed by atoms with E-state index in [-0.39, 0.29) is 24.8 Å². The summed E-state index contributed by atoms with van der Waals surface area (Å²) >= 11 is 0. The van der Waals surface area contributed by atoms with Crippen molar-refractivity contribution < 1.29 is 28.6 Å². The van der Waals surface area contributed by atoms with Crippen LogP contribution in [0.1, 0.15) is 29.8 Å². The van der Waals surface area contributed by atoms with Gasteiger partial charge in [0, 0.05) is 5.56 Å². The molecule has 1 fully saturated rings. The fourth-order valence-corrected chi connectivity index (χ4v) is 3.84. The Morgan fingerprint density at radius 3 is 2.23 bits per heavy atom. The first-order valence-corrected chi connectivity index (χ1v) is 10.0. The van der Waals surface area contributed by atoms with Gasteiger partial charge < -0.3 is 19.1 Å². The number of rotatable bonds is 9. The van der Waals surface area contributed by atoms with E-state index < -0.39 is 23.5 Å². The summed E-state index contributed by atoms with van der Waals surface area (Å²) in [6.07, 6.45) is -0.831. The van der Waals surface area contributed by atoms with Crippen molar-refractivity contribution in [1.82, 2.24) is 4.90 Å². The molecular weight excluding hydrogens is 398 g/mol. The lowest BCUT2D eigenvalue weighted by Gasteiger charge is -2.52. The van der Waals surface area contributed by atoms with Gasteiger partial charge in [0.15, 0.2) is 11.9 Å². The number of benzene rings is 2. The van der Waals surface area contributed by atoms with Crippen molar-refractivity contribution in [1.29, 1.82) is 0 Å². The second-order valence-corrected chi connectivity index (χ2v) is 7.98. The van der Waals surface area contributed by atoms with E-state index in [2.05, 4.69) is 0 Å². The van der Waals surface area contributed by atoms with Gasteiger partial charge in [0.1, 0.15) is 12.3 Å². The molecule has 1 aliphatic rings. The molecule has 164 valence electrons. The molecule has 3 rings (SSSR count). The van der Waals surface area contributed by atoms with Crippen molar-refractivity contribution in [2.45, 2.75) is 32.6 Å². The van der Waals surface area contributed by atoms with Crippen LogP contribution in [0, 0.1) is 5.41 Å². The molecule has 7 heteroatoms. The van der Waals surface area contributed by atoms with Crippen LogP contribution in [0.25, 0.3) is 0 Å². The van der Waals surface area contributed by atoms with Crippen LogP contribution in [0.5, 0.6) is 5.75 Å². The summed E-state index contributed by atoms with van der Waals surface area (Å²) in [5.41, 5.74) is 0.405. The van der Waals surface area contributed by atoms with Crippen molar-refractivity contribution in [2.24, 2.45) is 5.41 Å². The highest BCUT2D eigenvalue weighted by molar-refractivity contribution is 6.03. The minimum atomic E-state index is -1.00. The zero-order valence-corrected chi connectivity index (χ0v) is 18.2. The molecule has 0 bridgehead atoms. The summed E-state index contributed by atoms with van der Waals surface area (Å²) in [5, 5.41) is 0. The molecule has 1 heterocycles. The van der Waals surface area contributed by atoms with E-state index >= 15 is 0 Å². The number of amides is 1. The van der Waals surface area contributed by atoms with Crippen LogP contribution in [-0.4, -0.2) is 55.5 Å². The maximum absolute atomic E-state index is 13.4. The summed E-state index contributed by atoms with van der Waals surface area (Å²) in [6.45, 7) is 3.52. The molecule has 31 heavy (non-hydrogen) atoms. The van der Waals surface area contributed by atoms with Gasteiger partial charge in [-0.05, 0) is 29.8 Å². The van der Waals surface area contributed by atoms with Crippen LogP contribution in [0.4, 0.5) is 0 Å². The van der Waals surface area contributed by atoms with Crippen LogP contribution in [0.3, 0.4) is 0 Å². The number of hydrogen-bond acceptors (Lipinski definition) is 6. The molecule has 0 radical (unpaired) electrons. The molecular formula is C24H27NO6. The Balaban J connectivity index is 1.84. The first-order valence-electron chi connectivity index (χ1n) is 10.0. The van der Waals surface area contributed by atoms with E-state index in [1.807, 2.05) is 30.3 Å². The number of esters is 1. The molecule has 0 spiro atoms. The van der Waals surface area contributed by atoms with E-state index in [0.717, 1.165) is 5.56 Å². The number of ketones is 1. The molecule has 0 N–H and O–H groups in total. The molecule has 1 saturated heterocycles. The van der Waals surface area contributed by atoms with Gasteiger partial charge in [0.05, 0.1) is 32.3 Å². The summed E-state index contributed by atoms with van der Waals surface area (Å²) in [4.78, 5) is 39.4. The first kappa shape index (κ1) is 22.5. The van der Waals surface area contributed by atoms with E-state index in [1.54, 1.807) is 45.2 Å². The lowest BCUT2D eigenvalue weighted by Crippen LogP contribution is -2.72. The quantitative estimate of drug-likeness (QED) is 0.349. The Hall–Kier alpha value is -3.19. The topological polar surface area (TPSA) is 82.1 Å². The molecule has 1 amide bonds. The van der Waals surface area contributed by atoms with Crippen molar-refractivity contribution >= 4 is 17.7 Å². The first-order chi connectivity index (χ1) is 14.8. The minimum absolute atomic E-state index is 0.157. The summed E-state index contributed by atoms with van der Waals surface area (Å²) < 4.78 is 15.8. The van der Waals surface area contributed by atoms with Gasteiger partial charge in [-0.3, -0.25) is 14.4 Å². The van der Waals surface area contributed by atoms with Crippen molar-refractivity contribution in [3.63, 3.8) is 0 Å². The SMILES string of the molecule is COC(=O)CN1C(=O)[C@H](OCc2ccccc2)[C@@H]1C(C)(C)C(=O)c1ccc(OC)cc1. The predicted molar refractivity (Wildman–Crippen MR) is 114 cm³/mol. The van der Waals surface area contributed by atoms with Crippen LogP contribution in [0.2, 0.25) is 0 Å². The number of methoxy groups -OCH3 is 2. The standard InChI is InChI=1S/C24H27NO6/c1-24(2,22(27)17-10-12-18(29-3)13-11-17)21-20(23(28)25(21)14-19(26)30-4)31-15-16-8-6-5-7-9-16/h5-13,20-21H,14-15H2,1-4H3/t20-,21-/m1/s1. The molecule has 0 aliphatic carbocycles. The lowest BCUT2D eigenvalue weighted by atomic mass is 9.70. The fraction of sp³-hybridized carbons (Fsp3) is 0.375. The normalized spacial score (nSPS) is 18.3. The Bertz CT molecular complexity index is 938. The van der Waals surface area contributed by atoms with Gasteiger partial charge in [0.2, 0.25) is 0 Å². The van der Waals surface area contributed by atoms with Gasteiger partial charge in [-0.15, -0.1) is 0 Å². The lowest BCUT2D eigenvalue weighted by molar-refractivity contribution is -0.188. The van der Waals surface area contributed by atoms with Crippen molar-refractivity contribution in [3.05, 3.63) is 65.7 Å². The smallest absolute Gasteiger partial charge is 0.325 e. The Kier molecular flexibility index (Phi) is 6.75. The number of nitrogens with zero attached hydrogens (tertiary/aromatic N) is 1. The molecule has 0 unspecified atom stereocenters. The second kappa shape index (κ2) is 9.31. The number of carbonyl (C=O) groups excluding carboxylic acids is 3. The molecule has 2 atom stereocenters. The van der Waals surface area contributed by atoms with Gasteiger partial charge in [-0.1, -0.05) is 44.2 Å². The number of ether oxygens (including phenoxy) is 3. The molecule has 0 aromatic heterocycles. The highest BCUT2D eigenvalue weighted by Crippen LogP contribution is 2.40. The fourth-order valence-electron chi connectivity index (χ4n) is 3.84. The number of β-lactam (4-membered cyclic amide) rings is 1. The van der Waals surface area contributed by atoms with Crippen LogP contribution >= 0.6 is 0 Å². The number of carbonyl (C=O) groups is 3. The molecule has 2 aromatic carbocycles. The zero-order chi connectivity index (χ0) is 22.6. The van der Waals surface area contributed by atoms with Gasteiger partial charge in [-0.2, -0.15) is 0 Å². The Morgan fingerprint density at radius 2 is 1.65 bits per heavy atom. The van der Waals surface area contributed by atoms with Crippen LogP contribution in [-0.2, 0) is 25.7 Å². The maximum Gasteiger partial charge on any atom is 0.325 e. The third kappa shape index (κ3) is 4.61. The Morgan fingerprint density at radius 1 is 1.00 bits per heavy atom. The van der Waals surface area contributed by atoms with E-state index in [1.165, 1.54) is 12.0 Å². The van der Waals surface area contributed by atoms with E-state index in [9.17, 15) is 14.4 Å². The highest BCUT2D eigenvalue weighted by atomic mass is 16.5. The monoisotopic (exact) mass is 425 g/mol. The maximum atomic E-state index is 13.4. The zero-order valence-electron chi connectivity index (χ0n) is 18.2. The minimum Gasteiger partial charge on any atom is -0.497 e. The number of Topliss-reactive ketones (excluding diaryl/α,β-unsaturated/α-hetero) is 1. The molecule has 0 saturated carbocycles. The van der Waals surface area contributed by atoms with Crippen LogP contribution in [0.15, 0.2) is 54.6 Å². The van der Waals surface area contributed by atoms with E-state index in [4.69, 9.17) is 14.2 Å². The Labute approximate surface area is 181 Å². The van der Waals surface area contributed by atoms with Gasteiger partial charge in [0.25, 0.3) is 5.91 Å². The molecule has 1 aliphatic heterocycles. The van der Waals surface area contributed by atoms with Crippen LogP contribution < -0.4 is 4.74 Å². The molecule has 2 aromatic rings.